The van der Waals surface area contributed by atoms with E-state index in [0.29, 0.717) is 6.10 Å². The topological polar surface area (TPSA) is 24.5 Å². The van der Waals surface area contributed by atoms with Crippen molar-refractivity contribution in [3.05, 3.63) is 12.3 Å². The molecule has 0 saturated carbocycles. The van der Waals surface area contributed by atoms with E-state index < -0.39 is 0 Å². The summed E-state index contributed by atoms with van der Waals surface area (Å²) in [5.74, 6) is 0. The minimum Gasteiger partial charge on any atom is -0.497 e. The van der Waals surface area contributed by atoms with E-state index in [9.17, 15) is 0 Å². The van der Waals surface area contributed by atoms with Gasteiger partial charge in [0.1, 0.15) is 6.10 Å². The summed E-state index contributed by atoms with van der Waals surface area (Å²) in [6, 6.07) is 0. The minimum atomic E-state index is 0.397. The Kier molecular flexibility index (Phi) is 4.48. The van der Waals surface area contributed by atoms with E-state index in [4.69, 9.17) is 4.74 Å². The van der Waals surface area contributed by atoms with Crippen molar-refractivity contribution in [3.8, 4) is 0 Å². The highest BCUT2D eigenvalue weighted by atomic mass is 16.5. The van der Waals surface area contributed by atoms with Gasteiger partial charge in [0.2, 0.25) is 0 Å². The molecule has 2 rings (SSSR count). The Labute approximate surface area is 92.5 Å². The first-order valence-electron chi connectivity index (χ1n) is 6.19. The van der Waals surface area contributed by atoms with E-state index in [1.54, 1.807) is 0 Å². The molecule has 2 aliphatic rings. The molecule has 1 atom stereocenters. The molecule has 0 radical (unpaired) electrons. The number of nitrogens with one attached hydrogen (secondary N) is 1. The fourth-order valence-corrected chi connectivity index (χ4v) is 2.24. The predicted molar refractivity (Wildman–Crippen MR) is 61.8 cm³/mol. The Morgan fingerprint density at radius 3 is 2.93 bits per heavy atom. The predicted octanol–water partition coefficient (Wildman–Crippen LogP) is 1.36. The van der Waals surface area contributed by atoms with E-state index in [1.807, 2.05) is 6.26 Å². The van der Waals surface area contributed by atoms with Gasteiger partial charge in [-0.1, -0.05) is 0 Å². The lowest BCUT2D eigenvalue weighted by atomic mass is 10.1. The van der Waals surface area contributed by atoms with Crippen LogP contribution in [-0.2, 0) is 4.74 Å². The zero-order valence-electron chi connectivity index (χ0n) is 9.45. The second-order valence-electron chi connectivity index (χ2n) is 4.46. The van der Waals surface area contributed by atoms with Gasteiger partial charge in [0.15, 0.2) is 0 Å². The Morgan fingerprint density at radius 1 is 1.33 bits per heavy atom. The standard InChI is InChI=1S/C12H22N2O/c1-4-10-15-12(5-1)11-13-6-9-14-7-2-3-8-14/h4,10,12-13H,1-3,5-9,11H2. The second kappa shape index (κ2) is 6.13. The number of hydrogen-bond donors (Lipinski definition) is 1. The van der Waals surface area contributed by atoms with Crippen LogP contribution in [0.1, 0.15) is 25.7 Å². The number of ether oxygens (including phenoxy) is 1. The molecule has 15 heavy (non-hydrogen) atoms. The Morgan fingerprint density at radius 2 is 2.20 bits per heavy atom. The van der Waals surface area contributed by atoms with Crippen molar-refractivity contribution in [2.45, 2.75) is 31.8 Å². The van der Waals surface area contributed by atoms with Crippen LogP contribution in [0, 0.1) is 0 Å². The summed E-state index contributed by atoms with van der Waals surface area (Å²) < 4.78 is 5.49. The van der Waals surface area contributed by atoms with Crippen molar-refractivity contribution in [2.24, 2.45) is 0 Å². The second-order valence-corrected chi connectivity index (χ2v) is 4.46. The number of allylic oxidation sites excluding steroid dienone is 1. The van der Waals surface area contributed by atoms with Crippen LogP contribution in [0.5, 0.6) is 0 Å². The summed E-state index contributed by atoms with van der Waals surface area (Å²) in [5, 5.41) is 3.48. The molecular formula is C12H22N2O. The van der Waals surface area contributed by atoms with Gasteiger partial charge in [-0.25, -0.2) is 0 Å². The van der Waals surface area contributed by atoms with Gasteiger partial charge in [-0.2, -0.15) is 0 Å². The van der Waals surface area contributed by atoms with E-state index in [-0.39, 0.29) is 0 Å². The van der Waals surface area contributed by atoms with Crippen molar-refractivity contribution < 1.29 is 4.74 Å². The summed E-state index contributed by atoms with van der Waals surface area (Å²) in [7, 11) is 0. The van der Waals surface area contributed by atoms with Crippen molar-refractivity contribution in [1.82, 2.24) is 10.2 Å². The van der Waals surface area contributed by atoms with Crippen molar-refractivity contribution >= 4 is 0 Å². The molecule has 0 aliphatic carbocycles. The number of rotatable bonds is 5. The molecular weight excluding hydrogens is 188 g/mol. The third-order valence-electron chi connectivity index (χ3n) is 3.20. The van der Waals surface area contributed by atoms with Crippen LogP contribution in [0.2, 0.25) is 0 Å². The van der Waals surface area contributed by atoms with Crippen molar-refractivity contribution in [2.75, 3.05) is 32.7 Å². The van der Waals surface area contributed by atoms with Gasteiger partial charge in [0.25, 0.3) is 0 Å². The summed E-state index contributed by atoms with van der Waals surface area (Å²) in [4.78, 5) is 2.54. The van der Waals surface area contributed by atoms with Crippen LogP contribution in [0.25, 0.3) is 0 Å². The van der Waals surface area contributed by atoms with Gasteiger partial charge in [-0.05, 0) is 44.8 Å². The fraction of sp³-hybridized carbons (Fsp3) is 0.833. The van der Waals surface area contributed by atoms with E-state index in [1.165, 1.54) is 38.9 Å². The lowest BCUT2D eigenvalue weighted by Gasteiger charge is -2.21. The average molecular weight is 210 g/mol. The highest BCUT2D eigenvalue weighted by Gasteiger charge is 2.12. The molecule has 1 unspecified atom stereocenters. The molecule has 1 saturated heterocycles. The fourth-order valence-electron chi connectivity index (χ4n) is 2.24. The third kappa shape index (κ3) is 3.84. The zero-order chi connectivity index (χ0) is 10.3. The van der Waals surface area contributed by atoms with Crippen LogP contribution in [-0.4, -0.2) is 43.7 Å². The smallest absolute Gasteiger partial charge is 0.110 e. The van der Waals surface area contributed by atoms with Gasteiger partial charge in [0.05, 0.1) is 6.26 Å². The molecule has 86 valence electrons. The largest absolute Gasteiger partial charge is 0.497 e. The maximum absolute atomic E-state index is 5.49. The van der Waals surface area contributed by atoms with Crippen molar-refractivity contribution in [1.29, 1.82) is 0 Å². The van der Waals surface area contributed by atoms with Gasteiger partial charge < -0.3 is 15.0 Å². The van der Waals surface area contributed by atoms with E-state index in [2.05, 4.69) is 16.3 Å². The molecule has 0 aromatic carbocycles. The normalized spacial score (nSPS) is 26.8. The molecule has 0 amide bonds. The molecule has 0 aromatic rings. The lowest BCUT2D eigenvalue weighted by molar-refractivity contribution is 0.121. The minimum absolute atomic E-state index is 0.397. The summed E-state index contributed by atoms with van der Waals surface area (Å²) in [6.45, 7) is 5.89. The monoisotopic (exact) mass is 210 g/mol. The molecule has 2 aliphatic heterocycles. The van der Waals surface area contributed by atoms with Crippen LogP contribution >= 0.6 is 0 Å². The van der Waals surface area contributed by atoms with Crippen molar-refractivity contribution in [3.63, 3.8) is 0 Å². The van der Waals surface area contributed by atoms with E-state index in [0.717, 1.165) is 19.5 Å². The SMILES string of the molecule is C1=COC(CNCCN2CCCC2)CC1. The molecule has 0 spiro atoms. The van der Waals surface area contributed by atoms with Gasteiger partial charge in [-0.3, -0.25) is 0 Å². The Bertz CT molecular complexity index is 200. The molecule has 0 bridgehead atoms. The summed E-state index contributed by atoms with van der Waals surface area (Å²) in [5.41, 5.74) is 0. The van der Waals surface area contributed by atoms with Crippen LogP contribution in [0.15, 0.2) is 12.3 Å². The van der Waals surface area contributed by atoms with Crippen LogP contribution in [0.4, 0.5) is 0 Å². The Hall–Kier alpha value is -0.540. The first-order valence-corrected chi connectivity index (χ1v) is 6.19. The zero-order valence-corrected chi connectivity index (χ0v) is 9.45. The quantitative estimate of drug-likeness (QED) is 0.694. The summed E-state index contributed by atoms with van der Waals surface area (Å²) in [6.07, 6.45) is 9.43. The molecule has 1 N–H and O–H groups in total. The van der Waals surface area contributed by atoms with Crippen LogP contribution in [0.3, 0.4) is 0 Å². The highest BCUT2D eigenvalue weighted by molar-refractivity contribution is 4.83. The van der Waals surface area contributed by atoms with Gasteiger partial charge >= 0.3 is 0 Å². The molecule has 3 nitrogen and oxygen atoms in total. The molecule has 0 aromatic heterocycles. The maximum Gasteiger partial charge on any atom is 0.110 e. The highest BCUT2D eigenvalue weighted by Crippen LogP contribution is 2.09. The first-order chi connectivity index (χ1) is 7.45. The Balaban J connectivity index is 1.49. The summed E-state index contributed by atoms with van der Waals surface area (Å²) >= 11 is 0. The van der Waals surface area contributed by atoms with Gasteiger partial charge in [-0.15, -0.1) is 0 Å². The number of hydrogen-bond acceptors (Lipinski definition) is 3. The number of likely N-dealkylation sites (tertiary alicyclic amines) is 1. The molecule has 1 fully saturated rings. The lowest BCUT2D eigenvalue weighted by Crippen LogP contribution is -2.35. The maximum atomic E-state index is 5.49. The molecule has 3 heteroatoms. The van der Waals surface area contributed by atoms with E-state index >= 15 is 0 Å². The number of nitrogens with zero attached hydrogens (tertiary/aromatic N) is 1. The third-order valence-corrected chi connectivity index (χ3v) is 3.20. The van der Waals surface area contributed by atoms with Crippen LogP contribution < -0.4 is 5.32 Å². The average Bonchev–Trinajstić information content (AvgIpc) is 2.79. The molecule has 2 heterocycles. The first kappa shape index (κ1) is 11.0. The van der Waals surface area contributed by atoms with Gasteiger partial charge in [0, 0.05) is 19.6 Å².